The third-order valence-corrected chi connectivity index (χ3v) is 2.03. The summed E-state index contributed by atoms with van der Waals surface area (Å²) >= 11 is 0. The quantitative estimate of drug-likeness (QED) is 0.802. The zero-order valence-electron chi connectivity index (χ0n) is 8.41. The first-order chi connectivity index (χ1) is 7.24. The first-order valence-electron chi connectivity index (χ1n) is 4.71. The number of aromatic amines is 1. The monoisotopic (exact) mass is 204 g/mol. The van der Waals surface area contributed by atoms with Crippen molar-refractivity contribution in [3.8, 4) is 0 Å². The van der Waals surface area contributed by atoms with E-state index >= 15 is 0 Å². The molecule has 0 radical (unpaired) electrons. The van der Waals surface area contributed by atoms with E-state index in [9.17, 15) is 4.79 Å². The van der Waals surface area contributed by atoms with Gasteiger partial charge in [-0.25, -0.2) is 0 Å². The molecular weight excluding hydrogens is 192 g/mol. The Bertz CT molecular complexity index is 486. The average molecular weight is 204 g/mol. The highest BCUT2D eigenvalue weighted by molar-refractivity contribution is 5.43. The molecule has 0 saturated heterocycles. The molecule has 0 aromatic carbocycles. The summed E-state index contributed by atoms with van der Waals surface area (Å²) in [5, 5.41) is 3.11. The van der Waals surface area contributed by atoms with E-state index in [0.717, 1.165) is 17.1 Å². The van der Waals surface area contributed by atoms with Crippen molar-refractivity contribution >= 4 is 5.69 Å². The molecule has 0 unspecified atom stereocenters. The van der Waals surface area contributed by atoms with Crippen LogP contribution in [0, 0.1) is 6.92 Å². The molecule has 0 fully saturated rings. The maximum Gasteiger partial charge on any atom is 0.250 e. The second-order valence-corrected chi connectivity index (χ2v) is 3.35. The van der Waals surface area contributed by atoms with E-state index in [1.165, 1.54) is 6.07 Å². The maximum absolute atomic E-state index is 11.2. The Morgan fingerprint density at radius 1 is 1.47 bits per heavy atom. The Labute approximate surface area is 86.9 Å². The number of furan rings is 1. The highest BCUT2D eigenvalue weighted by Gasteiger charge is 1.97. The fraction of sp³-hybridized carbons (Fsp3) is 0.182. The molecule has 15 heavy (non-hydrogen) atoms. The first-order valence-corrected chi connectivity index (χ1v) is 4.71. The molecule has 2 aromatic heterocycles. The Balaban J connectivity index is 2.08. The van der Waals surface area contributed by atoms with Gasteiger partial charge in [0.25, 0.3) is 0 Å². The molecule has 2 N–H and O–H groups in total. The molecule has 78 valence electrons. The van der Waals surface area contributed by atoms with Gasteiger partial charge in [-0.1, -0.05) is 0 Å². The lowest BCUT2D eigenvalue weighted by Crippen LogP contribution is -2.08. The van der Waals surface area contributed by atoms with E-state index in [4.69, 9.17) is 4.42 Å². The SMILES string of the molecule is Cc1cc(NCc2ccco2)cc(=O)[nH]1. The second-order valence-electron chi connectivity index (χ2n) is 3.35. The van der Waals surface area contributed by atoms with Gasteiger partial charge >= 0.3 is 0 Å². The highest BCUT2D eigenvalue weighted by atomic mass is 16.3. The van der Waals surface area contributed by atoms with Crippen molar-refractivity contribution in [2.24, 2.45) is 0 Å². The van der Waals surface area contributed by atoms with Crippen LogP contribution in [0.15, 0.2) is 39.7 Å². The lowest BCUT2D eigenvalue weighted by atomic mass is 10.3. The van der Waals surface area contributed by atoms with Crippen LogP contribution in [0.1, 0.15) is 11.5 Å². The van der Waals surface area contributed by atoms with Gasteiger partial charge in [0.1, 0.15) is 5.76 Å². The van der Waals surface area contributed by atoms with Crippen molar-refractivity contribution in [3.63, 3.8) is 0 Å². The number of aryl methyl sites for hydroxylation is 1. The number of pyridine rings is 1. The molecule has 4 nitrogen and oxygen atoms in total. The van der Waals surface area contributed by atoms with E-state index in [2.05, 4.69) is 10.3 Å². The highest BCUT2D eigenvalue weighted by Crippen LogP contribution is 2.07. The van der Waals surface area contributed by atoms with Crippen molar-refractivity contribution in [1.82, 2.24) is 4.98 Å². The van der Waals surface area contributed by atoms with Gasteiger partial charge in [0.05, 0.1) is 12.8 Å². The average Bonchev–Trinajstić information content (AvgIpc) is 2.65. The van der Waals surface area contributed by atoms with Crippen LogP contribution in [0.2, 0.25) is 0 Å². The van der Waals surface area contributed by atoms with Gasteiger partial charge in [0.2, 0.25) is 5.56 Å². The number of H-pyrrole nitrogens is 1. The van der Waals surface area contributed by atoms with Crippen molar-refractivity contribution in [2.45, 2.75) is 13.5 Å². The van der Waals surface area contributed by atoms with Crippen molar-refractivity contribution < 1.29 is 4.42 Å². The molecule has 0 amide bonds. The molecule has 0 bridgehead atoms. The number of hydrogen-bond acceptors (Lipinski definition) is 3. The van der Waals surface area contributed by atoms with Gasteiger partial charge in [-0.15, -0.1) is 0 Å². The van der Waals surface area contributed by atoms with E-state index in [1.807, 2.05) is 25.1 Å². The topological polar surface area (TPSA) is 58.0 Å². The summed E-state index contributed by atoms with van der Waals surface area (Å²) in [5.41, 5.74) is 1.54. The smallest absolute Gasteiger partial charge is 0.250 e. The maximum atomic E-state index is 11.2. The number of hydrogen-bond donors (Lipinski definition) is 2. The summed E-state index contributed by atoms with van der Waals surface area (Å²) in [7, 11) is 0. The fourth-order valence-corrected chi connectivity index (χ4v) is 1.39. The summed E-state index contributed by atoms with van der Waals surface area (Å²) in [5.74, 6) is 0.841. The third kappa shape index (κ3) is 2.49. The molecule has 0 aliphatic rings. The Morgan fingerprint density at radius 3 is 3.00 bits per heavy atom. The molecule has 0 saturated carbocycles. The van der Waals surface area contributed by atoms with Crippen LogP contribution in [0.5, 0.6) is 0 Å². The third-order valence-electron chi connectivity index (χ3n) is 2.03. The van der Waals surface area contributed by atoms with E-state index in [1.54, 1.807) is 6.26 Å². The zero-order valence-corrected chi connectivity index (χ0v) is 8.41. The Morgan fingerprint density at radius 2 is 2.33 bits per heavy atom. The minimum absolute atomic E-state index is 0.100. The lowest BCUT2D eigenvalue weighted by molar-refractivity contribution is 0.518. The largest absolute Gasteiger partial charge is 0.467 e. The molecule has 2 heterocycles. The molecule has 0 aliphatic carbocycles. The predicted molar refractivity (Wildman–Crippen MR) is 57.8 cm³/mol. The van der Waals surface area contributed by atoms with Crippen LogP contribution in [-0.4, -0.2) is 4.98 Å². The fourth-order valence-electron chi connectivity index (χ4n) is 1.39. The van der Waals surface area contributed by atoms with Crippen LogP contribution >= 0.6 is 0 Å². The second kappa shape index (κ2) is 4.04. The van der Waals surface area contributed by atoms with Crippen molar-refractivity contribution in [3.05, 3.63) is 52.3 Å². The molecule has 2 aromatic rings. The Kier molecular flexibility index (Phi) is 2.58. The number of anilines is 1. The van der Waals surface area contributed by atoms with Gasteiger partial charge in [-0.05, 0) is 25.1 Å². The van der Waals surface area contributed by atoms with E-state index < -0.39 is 0 Å². The minimum Gasteiger partial charge on any atom is -0.467 e. The van der Waals surface area contributed by atoms with E-state index in [-0.39, 0.29) is 5.56 Å². The van der Waals surface area contributed by atoms with Crippen LogP contribution < -0.4 is 10.9 Å². The predicted octanol–water partition coefficient (Wildman–Crippen LogP) is 1.89. The number of rotatable bonds is 3. The molecule has 0 spiro atoms. The van der Waals surface area contributed by atoms with Crippen LogP contribution in [0.3, 0.4) is 0 Å². The van der Waals surface area contributed by atoms with Gasteiger partial charge in [0.15, 0.2) is 0 Å². The molecule has 0 atom stereocenters. The van der Waals surface area contributed by atoms with Gasteiger partial charge in [-0.2, -0.15) is 0 Å². The molecule has 4 heteroatoms. The summed E-state index contributed by atoms with van der Waals surface area (Å²) in [6.07, 6.45) is 1.63. The molecule has 2 rings (SSSR count). The molecule has 0 aliphatic heterocycles. The lowest BCUT2D eigenvalue weighted by Gasteiger charge is -2.04. The van der Waals surface area contributed by atoms with Gasteiger partial charge in [-0.3, -0.25) is 4.79 Å². The van der Waals surface area contributed by atoms with Crippen molar-refractivity contribution in [1.29, 1.82) is 0 Å². The van der Waals surface area contributed by atoms with Crippen LogP contribution in [0.25, 0.3) is 0 Å². The number of nitrogens with one attached hydrogen (secondary N) is 2. The summed E-state index contributed by atoms with van der Waals surface area (Å²) in [6, 6.07) is 7.12. The van der Waals surface area contributed by atoms with Crippen LogP contribution in [-0.2, 0) is 6.54 Å². The first kappa shape index (κ1) is 9.58. The van der Waals surface area contributed by atoms with Crippen LogP contribution in [0.4, 0.5) is 5.69 Å². The zero-order chi connectivity index (χ0) is 10.7. The molecular formula is C11H12N2O2. The number of aromatic nitrogens is 1. The van der Waals surface area contributed by atoms with E-state index in [0.29, 0.717) is 6.54 Å². The minimum atomic E-state index is -0.100. The van der Waals surface area contributed by atoms with Gasteiger partial charge in [0, 0.05) is 17.4 Å². The normalized spacial score (nSPS) is 10.2. The summed E-state index contributed by atoms with van der Waals surface area (Å²) in [6.45, 7) is 2.43. The standard InChI is InChI=1S/C11H12N2O2/c1-8-5-9(6-11(14)13-8)12-7-10-3-2-4-15-10/h2-6H,7H2,1H3,(H2,12,13,14). The Hall–Kier alpha value is -1.97. The summed E-state index contributed by atoms with van der Waals surface area (Å²) in [4.78, 5) is 13.8. The van der Waals surface area contributed by atoms with Crippen molar-refractivity contribution in [2.75, 3.05) is 5.32 Å². The summed E-state index contributed by atoms with van der Waals surface area (Å²) < 4.78 is 5.17. The van der Waals surface area contributed by atoms with Gasteiger partial charge < -0.3 is 14.7 Å².